The molecule has 0 radical (unpaired) electrons. The molecule has 0 aliphatic rings. The Balaban J connectivity index is 1.57. The number of carbonyl (C=O) groups is 2. The first-order valence-electron chi connectivity index (χ1n) is 8.35. The van der Waals surface area contributed by atoms with E-state index in [1.807, 2.05) is 0 Å². The van der Waals surface area contributed by atoms with Crippen molar-refractivity contribution in [2.24, 2.45) is 0 Å². The van der Waals surface area contributed by atoms with Crippen LogP contribution in [0, 0.1) is 5.82 Å². The van der Waals surface area contributed by atoms with Crippen LogP contribution in [0.5, 0.6) is 0 Å². The van der Waals surface area contributed by atoms with Crippen molar-refractivity contribution in [1.82, 2.24) is 15.5 Å². The highest BCUT2D eigenvalue weighted by atomic mass is 35.5. The number of halogens is 2. The molecule has 1 heterocycles. The third kappa shape index (κ3) is 5.11. The first kappa shape index (κ1) is 19.9. The second-order valence-corrected chi connectivity index (χ2v) is 7.44. The molecular formula is C19H16ClFN4O2S. The summed E-state index contributed by atoms with van der Waals surface area (Å²) in [5.41, 5.74) is 1.18. The molecule has 0 bridgehead atoms. The largest absolute Gasteiger partial charge is 0.340 e. The highest BCUT2D eigenvalue weighted by Gasteiger charge is 2.19. The molecule has 144 valence electrons. The van der Waals surface area contributed by atoms with Crippen molar-refractivity contribution >= 4 is 39.9 Å². The Labute approximate surface area is 169 Å². The number of rotatable bonds is 6. The Kier molecular flexibility index (Phi) is 6.33. The molecule has 3 rings (SSSR count). The lowest BCUT2D eigenvalue weighted by molar-refractivity contribution is -0.117. The maximum Gasteiger partial charge on any atom is 0.253 e. The minimum absolute atomic E-state index is 0.293. The number of nitrogens with zero attached hydrogens (tertiary/aromatic N) is 2. The normalized spacial score (nSPS) is 11.7. The van der Waals surface area contributed by atoms with Gasteiger partial charge in [0, 0.05) is 6.42 Å². The zero-order valence-electron chi connectivity index (χ0n) is 14.8. The van der Waals surface area contributed by atoms with E-state index < -0.39 is 17.9 Å². The fourth-order valence-corrected chi connectivity index (χ4v) is 3.35. The van der Waals surface area contributed by atoms with Crippen molar-refractivity contribution in [3.63, 3.8) is 0 Å². The Morgan fingerprint density at radius 1 is 1.14 bits per heavy atom. The zero-order valence-corrected chi connectivity index (χ0v) is 16.4. The summed E-state index contributed by atoms with van der Waals surface area (Å²) in [5.74, 6) is -1.17. The average Bonchev–Trinajstić information content (AvgIpc) is 3.10. The lowest BCUT2D eigenvalue weighted by Crippen LogP contribution is -2.41. The van der Waals surface area contributed by atoms with Gasteiger partial charge in [0.05, 0.1) is 10.6 Å². The van der Waals surface area contributed by atoms with Gasteiger partial charge in [0.1, 0.15) is 16.9 Å². The minimum Gasteiger partial charge on any atom is -0.340 e. The number of aromatic nitrogens is 2. The van der Waals surface area contributed by atoms with E-state index in [4.69, 9.17) is 11.6 Å². The van der Waals surface area contributed by atoms with Crippen molar-refractivity contribution in [2.45, 2.75) is 19.4 Å². The van der Waals surface area contributed by atoms with Gasteiger partial charge in [0.2, 0.25) is 11.0 Å². The summed E-state index contributed by atoms with van der Waals surface area (Å²) in [5, 5.41) is 14.5. The van der Waals surface area contributed by atoms with Crippen LogP contribution in [0.3, 0.4) is 0 Å². The van der Waals surface area contributed by atoms with Crippen molar-refractivity contribution in [3.05, 3.63) is 75.5 Å². The van der Waals surface area contributed by atoms with Gasteiger partial charge in [-0.25, -0.2) is 4.39 Å². The standard InChI is InChI=1S/C19H16ClFN4O2S/c1-11(22-18(27)14-4-2-3-5-15(14)20)17(26)23-19-25-24-16(28-19)10-12-6-8-13(21)9-7-12/h2-9,11H,10H2,1H3,(H,22,27)(H,23,25,26). The lowest BCUT2D eigenvalue weighted by Gasteiger charge is -2.13. The number of hydrogen-bond donors (Lipinski definition) is 2. The molecule has 2 aromatic carbocycles. The molecule has 28 heavy (non-hydrogen) atoms. The highest BCUT2D eigenvalue weighted by molar-refractivity contribution is 7.15. The fraction of sp³-hybridized carbons (Fsp3) is 0.158. The quantitative estimate of drug-likeness (QED) is 0.639. The van der Waals surface area contributed by atoms with E-state index in [9.17, 15) is 14.0 Å². The zero-order chi connectivity index (χ0) is 20.1. The molecule has 2 N–H and O–H groups in total. The molecule has 0 spiro atoms. The smallest absolute Gasteiger partial charge is 0.253 e. The van der Waals surface area contributed by atoms with Crippen LogP contribution in [0.15, 0.2) is 48.5 Å². The van der Waals surface area contributed by atoms with Crippen molar-refractivity contribution in [2.75, 3.05) is 5.32 Å². The molecular weight excluding hydrogens is 403 g/mol. The number of carbonyl (C=O) groups excluding carboxylic acids is 2. The Morgan fingerprint density at radius 3 is 2.57 bits per heavy atom. The number of amides is 2. The predicted molar refractivity (Wildman–Crippen MR) is 106 cm³/mol. The third-order valence-corrected chi connectivity index (χ3v) is 4.99. The van der Waals surface area contributed by atoms with Gasteiger partial charge in [0.25, 0.3) is 5.91 Å². The van der Waals surface area contributed by atoms with Crippen LogP contribution in [0.4, 0.5) is 9.52 Å². The molecule has 6 nitrogen and oxygen atoms in total. The van der Waals surface area contributed by atoms with Gasteiger partial charge in [-0.2, -0.15) is 0 Å². The van der Waals surface area contributed by atoms with Crippen LogP contribution in [-0.2, 0) is 11.2 Å². The van der Waals surface area contributed by atoms with Crippen molar-refractivity contribution in [3.8, 4) is 0 Å². The summed E-state index contributed by atoms with van der Waals surface area (Å²) in [6, 6.07) is 11.9. The van der Waals surface area contributed by atoms with E-state index >= 15 is 0 Å². The molecule has 9 heteroatoms. The number of benzene rings is 2. The van der Waals surface area contributed by atoms with Crippen LogP contribution in [0.25, 0.3) is 0 Å². The average molecular weight is 419 g/mol. The fourth-order valence-electron chi connectivity index (χ4n) is 2.35. The van der Waals surface area contributed by atoms with Gasteiger partial charge >= 0.3 is 0 Å². The molecule has 0 saturated carbocycles. The van der Waals surface area contributed by atoms with Crippen LogP contribution < -0.4 is 10.6 Å². The number of hydrogen-bond acceptors (Lipinski definition) is 5. The second-order valence-electron chi connectivity index (χ2n) is 5.97. The summed E-state index contributed by atoms with van der Waals surface area (Å²) in [6.07, 6.45) is 0.479. The van der Waals surface area contributed by atoms with E-state index in [2.05, 4.69) is 20.8 Å². The van der Waals surface area contributed by atoms with E-state index in [1.165, 1.54) is 23.5 Å². The van der Waals surface area contributed by atoms with E-state index in [1.54, 1.807) is 43.3 Å². The SMILES string of the molecule is CC(NC(=O)c1ccccc1Cl)C(=O)Nc1nnc(Cc2ccc(F)cc2)s1. The molecule has 0 aliphatic carbocycles. The van der Waals surface area contributed by atoms with Gasteiger partial charge in [-0.1, -0.05) is 47.2 Å². The summed E-state index contributed by atoms with van der Waals surface area (Å²) < 4.78 is 13.0. The molecule has 1 unspecified atom stereocenters. The molecule has 2 amide bonds. The van der Waals surface area contributed by atoms with Crippen LogP contribution in [0.2, 0.25) is 5.02 Å². The molecule has 1 atom stereocenters. The third-order valence-electron chi connectivity index (χ3n) is 3.82. The van der Waals surface area contributed by atoms with Crippen molar-refractivity contribution in [1.29, 1.82) is 0 Å². The Morgan fingerprint density at radius 2 is 1.86 bits per heavy atom. The van der Waals surface area contributed by atoms with Gasteiger partial charge in [-0.15, -0.1) is 10.2 Å². The topological polar surface area (TPSA) is 84.0 Å². The van der Waals surface area contributed by atoms with Gasteiger partial charge in [-0.3, -0.25) is 14.9 Å². The molecule has 0 aliphatic heterocycles. The highest BCUT2D eigenvalue weighted by Crippen LogP contribution is 2.19. The van der Waals surface area contributed by atoms with Gasteiger partial charge in [0.15, 0.2) is 0 Å². The molecule has 0 saturated heterocycles. The summed E-state index contributed by atoms with van der Waals surface area (Å²) in [7, 11) is 0. The maximum absolute atomic E-state index is 13.0. The maximum atomic E-state index is 13.0. The number of anilines is 1. The van der Waals surface area contributed by atoms with E-state index in [0.29, 0.717) is 27.1 Å². The predicted octanol–water partition coefficient (Wildman–Crippen LogP) is 3.68. The first-order chi connectivity index (χ1) is 13.4. The van der Waals surface area contributed by atoms with Gasteiger partial charge < -0.3 is 5.32 Å². The van der Waals surface area contributed by atoms with Crippen LogP contribution in [0.1, 0.15) is 27.9 Å². The molecule has 3 aromatic rings. The number of nitrogens with one attached hydrogen (secondary N) is 2. The molecule has 1 aromatic heterocycles. The summed E-state index contributed by atoms with van der Waals surface area (Å²) >= 11 is 7.20. The minimum atomic E-state index is -0.798. The van der Waals surface area contributed by atoms with Crippen molar-refractivity contribution < 1.29 is 14.0 Å². The monoisotopic (exact) mass is 418 g/mol. The van der Waals surface area contributed by atoms with Crippen LogP contribution in [-0.4, -0.2) is 28.1 Å². The van der Waals surface area contributed by atoms with E-state index in [-0.39, 0.29) is 5.82 Å². The Hall–Kier alpha value is -2.84. The Bertz CT molecular complexity index is 994. The summed E-state index contributed by atoms with van der Waals surface area (Å²) in [4.78, 5) is 24.5. The first-order valence-corrected chi connectivity index (χ1v) is 9.55. The summed E-state index contributed by atoms with van der Waals surface area (Å²) in [6.45, 7) is 1.56. The van der Waals surface area contributed by atoms with E-state index in [0.717, 1.165) is 5.56 Å². The van der Waals surface area contributed by atoms with Crippen LogP contribution >= 0.6 is 22.9 Å². The lowest BCUT2D eigenvalue weighted by atomic mass is 10.2. The van der Waals surface area contributed by atoms with Gasteiger partial charge in [-0.05, 0) is 36.8 Å². The second kappa shape index (κ2) is 8.90. The molecule has 0 fully saturated rings.